The third-order valence-corrected chi connectivity index (χ3v) is 5.63. The van der Waals surface area contributed by atoms with Crippen molar-refractivity contribution in [2.45, 2.75) is 25.5 Å². The Morgan fingerprint density at radius 2 is 1.77 bits per heavy atom. The molecule has 1 aliphatic heterocycles. The van der Waals surface area contributed by atoms with E-state index in [9.17, 15) is 9.59 Å². The van der Waals surface area contributed by atoms with Gasteiger partial charge in [-0.1, -0.05) is 11.8 Å². The molecule has 7 nitrogen and oxygen atoms in total. The summed E-state index contributed by atoms with van der Waals surface area (Å²) < 4.78 is 10.6. The number of benzene rings is 2. The fourth-order valence-electron chi connectivity index (χ4n) is 2.96. The van der Waals surface area contributed by atoms with Gasteiger partial charge in [-0.15, -0.1) is 0 Å². The zero-order chi connectivity index (χ0) is 21.5. The molecule has 3 rings (SSSR count). The minimum atomic E-state index is -0.496. The number of nitrogens with zero attached hydrogens (tertiary/aromatic N) is 2. The summed E-state index contributed by atoms with van der Waals surface area (Å²) in [5, 5.41) is 2.94. The third-order valence-electron chi connectivity index (χ3n) is 4.45. The largest absolute Gasteiger partial charge is 0.497 e. The zero-order valence-corrected chi connectivity index (χ0v) is 18.1. The molecule has 1 atom stereocenters. The van der Waals surface area contributed by atoms with Crippen LogP contribution in [0.15, 0.2) is 53.5 Å². The SMILES string of the molecule is CCOc1ccc(NC(=O)C[C@H]2SC(=Nc3ccc(OC)cc3)N(CC)C2=O)cc1. The van der Waals surface area contributed by atoms with E-state index in [2.05, 4.69) is 10.3 Å². The predicted octanol–water partition coefficient (Wildman–Crippen LogP) is 4.07. The van der Waals surface area contributed by atoms with Crippen LogP contribution in [-0.4, -0.2) is 47.4 Å². The van der Waals surface area contributed by atoms with E-state index in [0.717, 1.165) is 17.2 Å². The van der Waals surface area contributed by atoms with Crippen molar-refractivity contribution in [2.24, 2.45) is 4.99 Å². The number of amides is 2. The van der Waals surface area contributed by atoms with Crippen molar-refractivity contribution >= 4 is 40.1 Å². The number of thioether (sulfide) groups is 1. The third kappa shape index (κ3) is 5.33. The molecule has 30 heavy (non-hydrogen) atoms. The molecule has 1 fully saturated rings. The molecule has 158 valence electrons. The fourth-order valence-corrected chi connectivity index (χ4v) is 4.19. The van der Waals surface area contributed by atoms with Crippen molar-refractivity contribution in [1.29, 1.82) is 0 Å². The molecule has 0 aromatic heterocycles. The van der Waals surface area contributed by atoms with E-state index < -0.39 is 5.25 Å². The molecule has 1 heterocycles. The average Bonchev–Trinajstić information content (AvgIpc) is 3.04. The maximum Gasteiger partial charge on any atom is 0.242 e. The highest BCUT2D eigenvalue weighted by atomic mass is 32.2. The van der Waals surface area contributed by atoms with Gasteiger partial charge in [0.15, 0.2) is 5.17 Å². The number of carbonyl (C=O) groups is 2. The van der Waals surface area contributed by atoms with Crippen molar-refractivity contribution in [3.8, 4) is 11.5 Å². The van der Waals surface area contributed by atoms with Crippen molar-refractivity contribution in [3.05, 3.63) is 48.5 Å². The van der Waals surface area contributed by atoms with Gasteiger partial charge in [0.2, 0.25) is 11.8 Å². The second kappa shape index (κ2) is 10.2. The molecule has 1 N–H and O–H groups in total. The van der Waals surface area contributed by atoms with Crippen LogP contribution < -0.4 is 14.8 Å². The number of nitrogens with one attached hydrogen (secondary N) is 1. The van der Waals surface area contributed by atoms with Crippen LogP contribution in [0.5, 0.6) is 11.5 Å². The van der Waals surface area contributed by atoms with Crippen LogP contribution >= 0.6 is 11.8 Å². The van der Waals surface area contributed by atoms with Gasteiger partial charge in [0, 0.05) is 18.7 Å². The molecule has 1 saturated heterocycles. The number of carbonyl (C=O) groups excluding carboxylic acids is 2. The highest BCUT2D eigenvalue weighted by Gasteiger charge is 2.38. The first-order valence-electron chi connectivity index (χ1n) is 9.77. The van der Waals surface area contributed by atoms with E-state index in [0.29, 0.717) is 24.0 Å². The first kappa shape index (κ1) is 21.7. The number of methoxy groups -OCH3 is 1. The zero-order valence-electron chi connectivity index (χ0n) is 17.3. The summed E-state index contributed by atoms with van der Waals surface area (Å²) in [6.45, 7) is 4.89. The maximum absolute atomic E-state index is 12.7. The van der Waals surface area contributed by atoms with Crippen molar-refractivity contribution in [2.75, 3.05) is 25.6 Å². The van der Waals surface area contributed by atoms with Crippen LogP contribution in [0.1, 0.15) is 20.3 Å². The average molecular weight is 428 g/mol. The van der Waals surface area contributed by atoms with Gasteiger partial charge in [-0.3, -0.25) is 14.5 Å². The lowest BCUT2D eigenvalue weighted by molar-refractivity contribution is -0.128. The number of aliphatic imine (C=N–C) groups is 1. The first-order valence-corrected chi connectivity index (χ1v) is 10.7. The van der Waals surface area contributed by atoms with Gasteiger partial charge in [0.05, 0.1) is 19.4 Å². The van der Waals surface area contributed by atoms with Crippen LogP contribution in [-0.2, 0) is 9.59 Å². The van der Waals surface area contributed by atoms with Gasteiger partial charge in [0.1, 0.15) is 16.7 Å². The minimum absolute atomic E-state index is 0.0782. The predicted molar refractivity (Wildman–Crippen MR) is 120 cm³/mol. The van der Waals surface area contributed by atoms with Crippen LogP contribution in [0.25, 0.3) is 0 Å². The molecule has 0 saturated carbocycles. The molecular formula is C22H25N3O4S. The highest BCUT2D eigenvalue weighted by molar-refractivity contribution is 8.15. The normalized spacial score (nSPS) is 17.3. The topological polar surface area (TPSA) is 80.2 Å². The Hall–Kier alpha value is -3.00. The Labute approximate surface area is 180 Å². The van der Waals surface area contributed by atoms with E-state index in [1.807, 2.05) is 38.1 Å². The number of amidine groups is 1. The summed E-state index contributed by atoms with van der Waals surface area (Å²) in [7, 11) is 1.61. The van der Waals surface area contributed by atoms with Gasteiger partial charge in [-0.05, 0) is 62.4 Å². The molecule has 2 amide bonds. The second-order valence-electron chi connectivity index (χ2n) is 6.49. The second-order valence-corrected chi connectivity index (χ2v) is 7.66. The molecular weight excluding hydrogens is 402 g/mol. The van der Waals surface area contributed by atoms with Gasteiger partial charge in [0.25, 0.3) is 0 Å². The Balaban J connectivity index is 1.64. The molecule has 0 spiro atoms. The van der Waals surface area contributed by atoms with Crippen LogP contribution in [0, 0.1) is 0 Å². The monoisotopic (exact) mass is 427 g/mol. The summed E-state index contributed by atoms with van der Waals surface area (Å²) in [5.74, 6) is 1.17. The van der Waals surface area contributed by atoms with E-state index in [1.165, 1.54) is 11.8 Å². The Morgan fingerprint density at radius 1 is 1.10 bits per heavy atom. The Bertz CT molecular complexity index is 913. The molecule has 2 aromatic rings. The van der Waals surface area contributed by atoms with Crippen LogP contribution in [0.3, 0.4) is 0 Å². The molecule has 0 aliphatic carbocycles. The lowest BCUT2D eigenvalue weighted by Crippen LogP contribution is -2.33. The number of hydrogen-bond acceptors (Lipinski definition) is 6. The first-order chi connectivity index (χ1) is 14.5. The number of ether oxygens (including phenoxy) is 2. The Kier molecular flexibility index (Phi) is 7.35. The van der Waals surface area contributed by atoms with Gasteiger partial charge >= 0.3 is 0 Å². The van der Waals surface area contributed by atoms with Gasteiger partial charge in [-0.25, -0.2) is 4.99 Å². The fraction of sp³-hybridized carbons (Fsp3) is 0.318. The van der Waals surface area contributed by atoms with E-state index in [1.54, 1.807) is 36.3 Å². The summed E-state index contributed by atoms with van der Waals surface area (Å²) in [5.41, 5.74) is 1.39. The standard InChI is InChI=1S/C22H25N3O4S/c1-4-25-21(27)19(30-22(25)24-16-6-10-17(28-3)11-7-16)14-20(26)23-15-8-12-18(13-9-15)29-5-2/h6-13,19H,4-5,14H2,1-3H3,(H,23,26)/t19-/m1/s1. The quantitative estimate of drug-likeness (QED) is 0.687. The minimum Gasteiger partial charge on any atom is -0.497 e. The number of hydrogen-bond donors (Lipinski definition) is 1. The van der Waals surface area contributed by atoms with Gasteiger partial charge in [-0.2, -0.15) is 0 Å². The van der Waals surface area contributed by atoms with Crippen molar-refractivity contribution in [3.63, 3.8) is 0 Å². The Morgan fingerprint density at radius 3 is 2.37 bits per heavy atom. The van der Waals surface area contributed by atoms with Gasteiger partial charge < -0.3 is 14.8 Å². The maximum atomic E-state index is 12.7. The lowest BCUT2D eigenvalue weighted by Gasteiger charge is -2.13. The molecule has 8 heteroatoms. The molecule has 0 bridgehead atoms. The molecule has 0 unspecified atom stereocenters. The molecule has 0 radical (unpaired) electrons. The lowest BCUT2D eigenvalue weighted by atomic mass is 10.2. The highest BCUT2D eigenvalue weighted by Crippen LogP contribution is 2.32. The summed E-state index contributed by atoms with van der Waals surface area (Å²) in [4.78, 5) is 31.4. The van der Waals surface area contributed by atoms with E-state index in [-0.39, 0.29) is 18.2 Å². The van der Waals surface area contributed by atoms with Crippen molar-refractivity contribution < 1.29 is 19.1 Å². The summed E-state index contributed by atoms with van der Waals surface area (Å²) >= 11 is 1.32. The number of anilines is 1. The summed E-state index contributed by atoms with van der Waals surface area (Å²) in [6, 6.07) is 14.5. The van der Waals surface area contributed by atoms with E-state index in [4.69, 9.17) is 9.47 Å². The van der Waals surface area contributed by atoms with Crippen molar-refractivity contribution in [1.82, 2.24) is 4.90 Å². The van der Waals surface area contributed by atoms with Crippen LogP contribution in [0.4, 0.5) is 11.4 Å². The molecule has 1 aliphatic rings. The molecule has 2 aromatic carbocycles. The number of rotatable bonds is 8. The summed E-state index contributed by atoms with van der Waals surface area (Å²) in [6.07, 6.45) is 0.0782. The van der Waals surface area contributed by atoms with Crippen LogP contribution in [0.2, 0.25) is 0 Å². The smallest absolute Gasteiger partial charge is 0.242 e. The van der Waals surface area contributed by atoms with E-state index >= 15 is 0 Å².